The van der Waals surface area contributed by atoms with E-state index in [1.807, 2.05) is 41.8 Å². The summed E-state index contributed by atoms with van der Waals surface area (Å²) >= 11 is 1.68. The summed E-state index contributed by atoms with van der Waals surface area (Å²) in [5.74, 6) is -0.440. The minimum atomic E-state index is -0.553. The highest BCUT2D eigenvalue weighted by Crippen LogP contribution is 2.38. The van der Waals surface area contributed by atoms with Crippen molar-refractivity contribution >= 4 is 45.8 Å². The predicted octanol–water partition coefficient (Wildman–Crippen LogP) is 5.00. The zero-order valence-corrected chi connectivity index (χ0v) is 19.1. The number of nitrogens with zero attached hydrogens (tertiary/aromatic N) is 1. The summed E-state index contributed by atoms with van der Waals surface area (Å²) in [6.45, 7) is -0.129. The molecule has 0 bridgehead atoms. The molecule has 2 aromatic heterocycles. The van der Waals surface area contributed by atoms with Gasteiger partial charge in [-0.05, 0) is 65.3 Å². The molecule has 0 aliphatic heterocycles. The van der Waals surface area contributed by atoms with Gasteiger partial charge < -0.3 is 15.2 Å². The van der Waals surface area contributed by atoms with Crippen molar-refractivity contribution in [3.8, 4) is 5.75 Å². The van der Waals surface area contributed by atoms with Gasteiger partial charge >= 0.3 is 5.97 Å². The Hall–Kier alpha value is -3.97. The lowest BCUT2D eigenvalue weighted by Crippen LogP contribution is -2.20. The van der Waals surface area contributed by atoms with Gasteiger partial charge in [0.05, 0.1) is 16.8 Å². The number of primary amides is 1. The van der Waals surface area contributed by atoms with Crippen LogP contribution in [0.5, 0.6) is 5.75 Å². The van der Waals surface area contributed by atoms with Crippen LogP contribution in [0.4, 0.5) is 0 Å². The van der Waals surface area contributed by atoms with Crippen LogP contribution in [0.3, 0.4) is 0 Å². The van der Waals surface area contributed by atoms with Crippen LogP contribution in [0.1, 0.15) is 38.5 Å². The Bertz CT molecular complexity index is 1410. The van der Waals surface area contributed by atoms with Gasteiger partial charge in [0.1, 0.15) is 12.4 Å². The van der Waals surface area contributed by atoms with Gasteiger partial charge in [0, 0.05) is 10.3 Å². The first-order valence-electron chi connectivity index (χ1n) is 10.9. The van der Waals surface area contributed by atoms with Gasteiger partial charge in [-0.2, -0.15) is 0 Å². The fraction of sp³-hybridized carbons (Fsp3) is 0.148. The van der Waals surface area contributed by atoms with E-state index < -0.39 is 5.91 Å². The summed E-state index contributed by atoms with van der Waals surface area (Å²) < 4.78 is 11.1. The Morgan fingerprint density at radius 1 is 1.06 bits per heavy atom. The van der Waals surface area contributed by atoms with Gasteiger partial charge in [-0.1, -0.05) is 36.4 Å². The van der Waals surface area contributed by atoms with Gasteiger partial charge in [0.2, 0.25) is 0 Å². The van der Waals surface area contributed by atoms with Crippen molar-refractivity contribution in [2.75, 3.05) is 6.61 Å². The molecular formula is C27H22N2O4S. The van der Waals surface area contributed by atoms with Gasteiger partial charge in [0.15, 0.2) is 6.61 Å². The summed E-state index contributed by atoms with van der Waals surface area (Å²) in [5, 5.41) is 2.84. The Morgan fingerprint density at radius 2 is 1.94 bits per heavy atom. The van der Waals surface area contributed by atoms with Crippen LogP contribution >= 0.6 is 11.3 Å². The number of ether oxygens (including phenoxy) is 2. The molecule has 6 nitrogen and oxygen atoms in total. The van der Waals surface area contributed by atoms with E-state index in [-0.39, 0.29) is 19.2 Å². The largest absolute Gasteiger partial charge is 0.484 e. The molecule has 5 rings (SSSR count). The molecule has 34 heavy (non-hydrogen) atoms. The molecule has 0 saturated heterocycles. The normalized spacial score (nSPS) is 13.7. The van der Waals surface area contributed by atoms with Crippen LogP contribution in [0.2, 0.25) is 0 Å². The van der Waals surface area contributed by atoms with Crippen molar-refractivity contribution < 1.29 is 19.1 Å². The maximum absolute atomic E-state index is 13.4. The number of carbonyl (C=O) groups is 2. The van der Waals surface area contributed by atoms with Gasteiger partial charge in [-0.3, -0.25) is 4.79 Å². The van der Waals surface area contributed by atoms with E-state index in [9.17, 15) is 9.59 Å². The zero-order chi connectivity index (χ0) is 23.5. The minimum absolute atomic E-state index is 0.0793. The van der Waals surface area contributed by atoms with E-state index in [1.165, 1.54) is 4.88 Å². The summed E-state index contributed by atoms with van der Waals surface area (Å²) in [6.07, 6.45) is 3.73. The Labute approximate surface area is 200 Å². The number of pyridine rings is 1. The maximum atomic E-state index is 13.4. The smallest absolute Gasteiger partial charge is 0.339 e. The third-order valence-corrected chi connectivity index (χ3v) is 6.47. The molecule has 1 aliphatic carbocycles. The predicted molar refractivity (Wildman–Crippen MR) is 133 cm³/mol. The first-order valence-corrected chi connectivity index (χ1v) is 11.8. The maximum Gasteiger partial charge on any atom is 0.339 e. The number of fused-ring (bicyclic) bond motifs is 2. The second-order valence-corrected chi connectivity index (χ2v) is 8.97. The highest BCUT2D eigenvalue weighted by Gasteiger charge is 2.27. The molecule has 0 spiro atoms. The van der Waals surface area contributed by atoms with E-state index in [0.29, 0.717) is 11.3 Å². The third kappa shape index (κ3) is 4.56. The third-order valence-electron chi connectivity index (χ3n) is 5.66. The number of hydrogen-bond donors (Lipinski definition) is 1. The molecule has 0 radical (unpaired) electrons. The van der Waals surface area contributed by atoms with Gasteiger partial charge in [-0.15, -0.1) is 11.3 Å². The molecular weight excluding hydrogens is 448 g/mol. The molecule has 2 aromatic carbocycles. The average molecular weight is 471 g/mol. The first-order chi connectivity index (χ1) is 16.6. The molecule has 1 amide bonds. The summed E-state index contributed by atoms with van der Waals surface area (Å²) in [5.41, 5.74) is 10.2. The number of thiophene rings is 1. The number of amides is 1. The fourth-order valence-corrected chi connectivity index (χ4v) is 4.84. The number of benzene rings is 2. The number of carbonyl (C=O) groups excluding carboxylic acids is 2. The average Bonchev–Trinajstić information content (AvgIpc) is 3.50. The van der Waals surface area contributed by atoms with Crippen LogP contribution in [0.15, 0.2) is 66.0 Å². The Morgan fingerprint density at radius 3 is 2.76 bits per heavy atom. The second-order valence-electron chi connectivity index (χ2n) is 7.99. The van der Waals surface area contributed by atoms with E-state index >= 15 is 0 Å². The van der Waals surface area contributed by atoms with E-state index in [4.69, 9.17) is 20.2 Å². The number of hydrogen-bond acceptors (Lipinski definition) is 6. The number of para-hydroxylation sites is 1. The summed E-state index contributed by atoms with van der Waals surface area (Å²) in [4.78, 5) is 30.4. The molecule has 170 valence electrons. The first kappa shape index (κ1) is 21.9. The molecule has 0 saturated carbocycles. The van der Waals surface area contributed by atoms with Crippen molar-refractivity contribution in [2.24, 2.45) is 5.73 Å². The molecule has 2 heterocycles. The lowest BCUT2D eigenvalue weighted by molar-refractivity contribution is -0.119. The molecule has 7 heteroatoms. The van der Waals surface area contributed by atoms with Crippen LogP contribution < -0.4 is 10.5 Å². The molecule has 2 N–H and O–H groups in total. The van der Waals surface area contributed by atoms with Gasteiger partial charge in [-0.25, -0.2) is 9.78 Å². The molecule has 0 unspecified atom stereocenters. The summed E-state index contributed by atoms with van der Waals surface area (Å²) in [6, 6.07) is 18.8. The monoisotopic (exact) mass is 470 g/mol. The van der Waals surface area contributed by atoms with Crippen molar-refractivity contribution in [1.82, 2.24) is 4.98 Å². The van der Waals surface area contributed by atoms with Crippen LogP contribution in [0, 0.1) is 0 Å². The SMILES string of the molecule is NC(=O)COc1cccc(COC(=O)c2c3c(nc4ccccc24)/C(=C\c2cccs2)CC3)c1. The standard InChI is InChI=1S/C27H22N2O4S/c28-24(30)16-32-19-6-3-5-17(13-19)15-33-27(31)25-21-8-1-2-9-23(21)29-26-18(10-11-22(25)26)14-20-7-4-12-34-20/h1-9,12-14H,10-11,15-16H2,(H2,28,30)/b18-14-. The molecule has 4 aromatic rings. The van der Waals surface area contributed by atoms with Crippen molar-refractivity contribution in [3.63, 3.8) is 0 Å². The Kier molecular flexibility index (Phi) is 6.10. The highest BCUT2D eigenvalue weighted by atomic mass is 32.1. The van der Waals surface area contributed by atoms with E-state index in [0.717, 1.165) is 46.1 Å². The van der Waals surface area contributed by atoms with Crippen LogP contribution in [0.25, 0.3) is 22.6 Å². The van der Waals surface area contributed by atoms with Crippen molar-refractivity contribution in [2.45, 2.75) is 19.4 Å². The topological polar surface area (TPSA) is 91.5 Å². The summed E-state index contributed by atoms with van der Waals surface area (Å²) in [7, 11) is 0. The highest BCUT2D eigenvalue weighted by molar-refractivity contribution is 7.10. The number of nitrogens with two attached hydrogens (primary N) is 1. The second kappa shape index (κ2) is 9.49. The number of rotatable bonds is 7. The lowest BCUT2D eigenvalue weighted by atomic mass is 10.0. The van der Waals surface area contributed by atoms with E-state index in [1.54, 1.807) is 29.5 Å². The lowest BCUT2D eigenvalue weighted by Gasteiger charge is -2.13. The van der Waals surface area contributed by atoms with Crippen molar-refractivity contribution in [3.05, 3.63) is 93.3 Å². The van der Waals surface area contributed by atoms with Crippen molar-refractivity contribution in [1.29, 1.82) is 0 Å². The number of aromatic nitrogens is 1. The molecule has 1 aliphatic rings. The van der Waals surface area contributed by atoms with Gasteiger partial charge in [0.25, 0.3) is 5.91 Å². The fourth-order valence-electron chi connectivity index (χ4n) is 4.16. The number of allylic oxidation sites excluding steroid dienone is 1. The number of esters is 1. The molecule has 0 fully saturated rings. The Balaban J connectivity index is 1.44. The van der Waals surface area contributed by atoms with E-state index in [2.05, 4.69) is 12.1 Å². The van der Waals surface area contributed by atoms with Crippen LogP contribution in [-0.2, 0) is 22.6 Å². The van der Waals surface area contributed by atoms with Crippen LogP contribution in [-0.4, -0.2) is 23.5 Å². The minimum Gasteiger partial charge on any atom is -0.484 e. The molecule has 0 atom stereocenters. The zero-order valence-electron chi connectivity index (χ0n) is 18.3. The quantitative estimate of drug-likeness (QED) is 0.384.